The molecule has 3 aromatic rings. The molecule has 1 amide bonds. The highest BCUT2D eigenvalue weighted by Crippen LogP contribution is 2.25. The molecule has 2 aromatic heterocycles. The van der Waals surface area contributed by atoms with Crippen LogP contribution in [0.15, 0.2) is 36.5 Å². The third kappa shape index (κ3) is 3.09. The van der Waals surface area contributed by atoms with E-state index in [0.717, 1.165) is 16.5 Å². The summed E-state index contributed by atoms with van der Waals surface area (Å²) in [5, 5.41) is 10.0. The molecule has 25 heavy (non-hydrogen) atoms. The van der Waals surface area contributed by atoms with Crippen LogP contribution < -0.4 is 0 Å². The van der Waals surface area contributed by atoms with E-state index in [2.05, 4.69) is 21.0 Å². The van der Waals surface area contributed by atoms with Gasteiger partial charge in [0.2, 0.25) is 0 Å². The average molecular weight is 333 g/mol. The molecule has 0 spiro atoms. The van der Waals surface area contributed by atoms with Gasteiger partial charge in [0.05, 0.1) is 11.5 Å². The molecule has 0 saturated heterocycles. The van der Waals surface area contributed by atoms with Gasteiger partial charge in [0.15, 0.2) is 5.82 Å². The lowest BCUT2D eigenvalue weighted by molar-refractivity contribution is 0.0823. The zero-order chi connectivity index (χ0) is 18.2. The van der Waals surface area contributed by atoms with Crippen LogP contribution in [0.3, 0.4) is 0 Å². The van der Waals surface area contributed by atoms with E-state index in [9.17, 15) is 10.1 Å². The van der Waals surface area contributed by atoms with Crippen LogP contribution in [0.5, 0.6) is 0 Å². The van der Waals surface area contributed by atoms with Crippen molar-refractivity contribution in [2.45, 2.75) is 19.3 Å². The fraction of sp³-hybridized carbons (Fsp3) is 0.263. The molecule has 0 bridgehead atoms. The Kier molecular flexibility index (Phi) is 4.01. The van der Waals surface area contributed by atoms with E-state index >= 15 is 0 Å². The van der Waals surface area contributed by atoms with Crippen LogP contribution in [0.25, 0.3) is 22.4 Å². The molecular weight excluding hydrogens is 314 g/mol. The molecule has 1 aromatic carbocycles. The first kappa shape index (κ1) is 16.7. The Morgan fingerprint density at radius 3 is 2.52 bits per heavy atom. The van der Waals surface area contributed by atoms with Crippen LogP contribution in [-0.4, -0.2) is 39.9 Å². The Hall–Kier alpha value is -3.20. The first-order valence-corrected chi connectivity index (χ1v) is 7.91. The number of aromatic amines is 1. The van der Waals surface area contributed by atoms with Crippen LogP contribution in [0.1, 0.15) is 29.9 Å². The van der Waals surface area contributed by atoms with Gasteiger partial charge in [0, 0.05) is 31.2 Å². The molecule has 0 atom stereocenters. The lowest BCUT2D eigenvalue weighted by Gasteiger charge is -2.15. The largest absolute Gasteiger partial charge is 0.344 e. The standard InChI is InChI=1S/C19H19N5O/c1-19(2,11-20)14-7-5-12(6-8-14)16-21-10-13-9-15(18(25)24(3)4)22-17(13)23-16/h5-10H,1-4H3,(H,21,22,23). The van der Waals surface area contributed by atoms with Crippen LogP contribution in [0.4, 0.5) is 0 Å². The van der Waals surface area contributed by atoms with Gasteiger partial charge in [0.25, 0.3) is 5.91 Å². The van der Waals surface area contributed by atoms with Gasteiger partial charge >= 0.3 is 0 Å². The van der Waals surface area contributed by atoms with Crippen molar-refractivity contribution in [2.24, 2.45) is 0 Å². The van der Waals surface area contributed by atoms with Gasteiger partial charge in [-0.25, -0.2) is 9.97 Å². The molecule has 2 heterocycles. The topological polar surface area (TPSA) is 85.7 Å². The monoisotopic (exact) mass is 333 g/mol. The summed E-state index contributed by atoms with van der Waals surface area (Å²) in [7, 11) is 3.41. The van der Waals surface area contributed by atoms with E-state index in [1.54, 1.807) is 26.4 Å². The van der Waals surface area contributed by atoms with E-state index in [4.69, 9.17) is 0 Å². The number of rotatable bonds is 3. The maximum atomic E-state index is 12.0. The fourth-order valence-corrected chi connectivity index (χ4v) is 2.51. The smallest absolute Gasteiger partial charge is 0.269 e. The average Bonchev–Trinajstić information content (AvgIpc) is 3.04. The van der Waals surface area contributed by atoms with Crippen molar-refractivity contribution in [2.75, 3.05) is 14.1 Å². The highest BCUT2D eigenvalue weighted by atomic mass is 16.2. The van der Waals surface area contributed by atoms with Crippen LogP contribution in [0, 0.1) is 11.3 Å². The number of benzene rings is 1. The summed E-state index contributed by atoms with van der Waals surface area (Å²) in [5.41, 5.74) is 2.37. The van der Waals surface area contributed by atoms with Crippen LogP contribution in [-0.2, 0) is 5.41 Å². The molecule has 0 unspecified atom stereocenters. The van der Waals surface area contributed by atoms with Crippen LogP contribution in [0.2, 0.25) is 0 Å². The summed E-state index contributed by atoms with van der Waals surface area (Å²) in [6, 6.07) is 11.7. The van der Waals surface area contributed by atoms with E-state index < -0.39 is 5.41 Å². The maximum Gasteiger partial charge on any atom is 0.269 e. The number of hydrogen-bond acceptors (Lipinski definition) is 4. The summed E-state index contributed by atoms with van der Waals surface area (Å²) >= 11 is 0. The highest BCUT2D eigenvalue weighted by molar-refractivity contribution is 5.97. The number of carbonyl (C=O) groups is 1. The van der Waals surface area contributed by atoms with Crippen molar-refractivity contribution < 1.29 is 4.79 Å². The SMILES string of the molecule is CN(C)C(=O)c1cc2cnc(-c3ccc(C(C)(C)C#N)cc3)nc2[nH]1. The quantitative estimate of drug-likeness (QED) is 0.798. The minimum absolute atomic E-state index is 0.109. The molecule has 0 aliphatic heterocycles. The summed E-state index contributed by atoms with van der Waals surface area (Å²) in [6.07, 6.45) is 1.70. The van der Waals surface area contributed by atoms with E-state index in [-0.39, 0.29) is 5.91 Å². The number of nitrogens with zero attached hydrogens (tertiary/aromatic N) is 4. The molecule has 0 saturated carbocycles. The fourth-order valence-electron chi connectivity index (χ4n) is 2.51. The number of H-pyrrole nitrogens is 1. The Balaban J connectivity index is 1.97. The Labute approximate surface area is 146 Å². The van der Waals surface area contributed by atoms with E-state index in [1.807, 2.05) is 38.1 Å². The molecule has 126 valence electrons. The summed E-state index contributed by atoms with van der Waals surface area (Å²) in [6.45, 7) is 3.76. The molecule has 3 rings (SSSR count). The first-order valence-electron chi connectivity index (χ1n) is 7.91. The summed E-state index contributed by atoms with van der Waals surface area (Å²) in [4.78, 5) is 25.5. The van der Waals surface area contributed by atoms with Gasteiger partial charge in [-0.3, -0.25) is 4.79 Å². The zero-order valence-electron chi connectivity index (χ0n) is 14.7. The number of carbonyl (C=O) groups excluding carboxylic acids is 1. The second-order valence-electron chi connectivity index (χ2n) is 6.69. The van der Waals surface area contributed by atoms with Crippen LogP contribution >= 0.6 is 0 Å². The van der Waals surface area contributed by atoms with E-state index in [0.29, 0.717) is 17.2 Å². The third-order valence-corrected chi connectivity index (χ3v) is 4.15. The van der Waals surface area contributed by atoms with Crippen molar-refractivity contribution in [3.8, 4) is 17.5 Å². The van der Waals surface area contributed by atoms with Crippen molar-refractivity contribution in [3.63, 3.8) is 0 Å². The van der Waals surface area contributed by atoms with Gasteiger partial charge in [-0.05, 0) is 25.5 Å². The molecule has 1 N–H and O–H groups in total. The predicted molar refractivity (Wildman–Crippen MR) is 96.0 cm³/mol. The molecule has 6 heteroatoms. The molecule has 0 fully saturated rings. The Morgan fingerprint density at radius 2 is 1.92 bits per heavy atom. The zero-order valence-corrected chi connectivity index (χ0v) is 14.7. The first-order chi connectivity index (χ1) is 11.8. The highest BCUT2D eigenvalue weighted by Gasteiger charge is 2.19. The lowest BCUT2D eigenvalue weighted by atomic mass is 9.86. The van der Waals surface area contributed by atoms with Crippen molar-refractivity contribution >= 4 is 16.9 Å². The molecule has 0 aliphatic carbocycles. The van der Waals surface area contributed by atoms with Gasteiger partial charge < -0.3 is 9.88 Å². The van der Waals surface area contributed by atoms with Gasteiger partial charge in [0.1, 0.15) is 11.3 Å². The lowest BCUT2D eigenvalue weighted by Crippen LogP contribution is -2.21. The Morgan fingerprint density at radius 1 is 1.24 bits per heavy atom. The van der Waals surface area contributed by atoms with Gasteiger partial charge in [-0.2, -0.15) is 5.26 Å². The van der Waals surface area contributed by atoms with Crippen molar-refractivity contribution in [3.05, 3.63) is 47.8 Å². The Bertz CT molecular complexity index is 977. The minimum atomic E-state index is -0.537. The molecular formula is C19H19N5O. The number of nitriles is 1. The number of hydrogen-bond donors (Lipinski definition) is 1. The maximum absolute atomic E-state index is 12.0. The number of aromatic nitrogens is 3. The predicted octanol–water partition coefficient (Wildman–Crippen LogP) is 3.13. The van der Waals surface area contributed by atoms with E-state index in [1.165, 1.54) is 4.90 Å². The second kappa shape index (κ2) is 6.02. The number of amides is 1. The minimum Gasteiger partial charge on any atom is -0.344 e. The third-order valence-electron chi connectivity index (χ3n) is 4.15. The van der Waals surface area contributed by atoms with Crippen molar-refractivity contribution in [1.29, 1.82) is 5.26 Å². The number of fused-ring (bicyclic) bond motifs is 1. The summed E-state index contributed by atoms with van der Waals surface area (Å²) in [5.74, 6) is 0.460. The van der Waals surface area contributed by atoms with Gasteiger partial charge in [-0.1, -0.05) is 24.3 Å². The molecule has 6 nitrogen and oxygen atoms in total. The summed E-state index contributed by atoms with van der Waals surface area (Å²) < 4.78 is 0. The van der Waals surface area contributed by atoms with Gasteiger partial charge in [-0.15, -0.1) is 0 Å². The second-order valence-corrected chi connectivity index (χ2v) is 6.69. The number of nitrogens with one attached hydrogen (secondary N) is 1. The molecule has 0 radical (unpaired) electrons. The van der Waals surface area contributed by atoms with Crippen molar-refractivity contribution in [1.82, 2.24) is 19.9 Å². The molecule has 0 aliphatic rings. The normalized spacial score (nSPS) is 11.3.